The van der Waals surface area contributed by atoms with Crippen molar-refractivity contribution in [2.75, 3.05) is 32.1 Å². The molecule has 2 unspecified atom stereocenters. The molecule has 1 N–H and O–H groups in total. The van der Waals surface area contributed by atoms with Crippen molar-refractivity contribution in [3.63, 3.8) is 0 Å². The standard InChI is InChI=1S/C15H20N2O2S/c1-2-4-12(5-3-1)8-13-11-20-15(17-13)16-9-14-10-18-6-7-19-14/h1-5,13-14H,6-11H2,(H,16,17). The summed E-state index contributed by atoms with van der Waals surface area (Å²) in [5.74, 6) is 1.08. The molecule has 2 aliphatic heterocycles. The maximum atomic E-state index is 5.59. The van der Waals surface area contributed by atoms with Crippen molar-refractivity contribution in [3.8, 4) is 0 Å². The van der Waals surface area contributed by atoms with Crippen molar-refractivity contribution in [1.29, 1.82) is 0 Å². The average Bonchev–Trinajstić information content (AvgIpc) is 2.95. The minimum atomic E-state index is 0.117. The van der Waals surface area contributed by atoms with Gasteiger partial charge in [-0.1, -0.05) is 42.1 Å². The van der Waals surface area contributed by atoms with Crippen LogP contribution in [-0.4, -0.2) is 49.4 Å². The highest BCUT2D eigenvalue weighted by Gasteiger charge is 2.21. The molecule has 0 saturated carbocycles. The van der Waals surface area contributed by atoms with Crippen molar-refractivity contribution >= 4 is 16.9 Å². The predicted octanol–water partition coefficient (Wildman–Crippen LogP) is 1.71. The van der Waals surface area contributed by atoms with Gasteiger partial charge in [-0.15, -0.1) is 0 Å². The van der Waals surface area contributed by atoms with E-state index in [9.17, 15) is 0 Å². The third kappa shape index (κ3) is 3.98. The molecule has 0 spiro atoms. The van der Waals surface area contributed by atoms with E-state index in [0.29, 0.717) is 32.4 Å². The third-order valence-electron chi connectivity index (χ3n) is 3.40. The lowest BCUT2D eigenvalue weighted by molar-refractivity contribution is -0.0832. The second-order valence-electron chi connectivity index (χ2n) is 5.06. The zero-order valence-electron chi connectivity index (χ0n) is 11.5. The Balaban J connectivity index is 1.46. The van der Waals surface area contributed by atoms with Gasteiger partial charge in [0.2, 0.25) is 0 Å². The van der Waals surface area contributed by atoms with Gasteiger partial charge in [0, 0.05) is 11.8 Å². The molecule has 20 heavy (non-hydrogen) atoms. The van der Waals surface area contributed by atoms with Gasteiger partial charge in [-0.05, 0) is 12.0 Å². The van der Waals surface area contributed by atoms with Crippen LogP contribution in [0, 0.1) is 0 Å². The van der Waals surface area contributed by atoms with Crippen LogP contribution < -0.4 is 5.32 Å². The number of hydrogen-bond donors (Lipinski definition) is 1. The molecule has 2 aliphatic rings. The Morgan fingerprint density at radius 3 is 2.95 bits per heavy atom. The average molecular weight is 292 g/mol. The first-order chi connectivity index (χ1) is 9.90. The molecule has 4 nitrogen and oxygen atoms in total. The molecule has 1 aromatic carbocycles. The molecule has 108 valence electrons. The lowest BCUT2D eigenvalue weighted by Crippen LogP contribution is -2.32. The number of rotatable bonds is 4. The van der Waals surface area contributed by atoms with Gasteiger partial charge in [-0.3, -0.25) is 4.99 Å². The van der Waals surface area contributed by atoms with Crippen molar-refractivity contribution in [2.24, 2.45) is 4.99 Å². The van der Waals surface area contributed by atoms with Crippen LogP contribution in [-0.2, 0) is 15.9 Å². The van der Waals surface area contributed by atoms with E-state index in [1.54, 1.807) is 11.8 Å². The highest BCUT2D eigenvalue weighted by atomic mass is 32.2. The summed E-state index contributed by atoms with van der Waals surface area (Å²) < 4.78 is 11.0. The summed E-state index contributed by atoms with van der Waals surface area (Å²) in [5, 5.41) is 4.54. The molecule has 0 aliphatic carbocycles. The zero-order valence-corrected chi connectivity index (χ0v) is 12.3. The first kappa shape index (κ1) is 13.9. The summed E-state index contributed by atoms with van der Waals surface area (Å²) in [6, 6.07) is 11.1. The molecule has 2 heterocycles. The summed E-state index contributed by atoms with van der Waals surface area (Å²) in [7, 11) is 0. The van der Waals surface area contributed by atoms with Crippen LogP contribution in [0.15, 0.2) is 35.3 Å². The number of nitrogens with one attached hydrogen (secondary N) is 1. The van der Waals surface area contributed by atoms with E-state index in [0.717, 1.165) is 17.3 Å². The fraction of sp³-hybridized carbons (Fsp3) is 0.533. The van der Waals surface area contributed by atoms with E-state index in [2.05, 4.69) is 40.6 Å². The molecule has 2 fully saturated rings. The monoisotopic (exact) mass is 292 g/mol. The molecule has 0 bridgehead atoms. The van der Waals surface area contributed by atoms with Crippen LogP contribution in [0.25, 0.3) is 0 Å². The minimum absolute atomic E-state index is 0.117. The number of benzene rings is 1. The second kappa shape index (κ2) is 7.11. The fourth-order valence-electron chi connectivity index (χ4n) is 2.36. The first-order valence-corrected chi connectivity index (χ1v) is 8.06. The Labute approximate surface area is 123 Å². The minimum Gasteiger partial charge on any atom is -0.376 e. The van der Waals surface area contributed by atoms with Gasteiger partial charge in [0.1, 0.15) is 6.10 Å². The van der Waals surface area contributed by atoms with Crippen LogP contribution in [0.2, 0.25) is 0 Å². The summed E-state index contributed by atoms with van der Waals surface area (Å²) in [6.45, 7) is 2.74. The van der Waals surface area contributed by atoms with Crippen LogP contribution in [0.3, 0.4) is 0 Å². The molecule has 2 atom stereocenters. The second-order valence-corrected chi connectivity index (χ2v) is 6.06. The summed E-state index contributed by atoms with van der Waals surface area (Å²) in [6.07, 6.45) is 1.17. The van der Waals surface area contributed by atoms with Crippen molar-refractivity contribution in [1.82, 2.24) is 5.32 Å². The Hall–Kier alpha value is -1.04. The molecule has 0 aromatic heterocycles. The highest BCUT2D eigenvalue weighted by molar-refractivity contribution is 8.14. The predicted molar refractivity (Wildman–Crippen MR) is 82.4 cm³/mol. The zero-order chi connectivity index (χ0) is 13.6. The molecular weight excluding hydrogens is 272 g/mol. The maximum Gasteiger partial charge on any atom is 0.156 e. The summed E-state index contributed by atoms with van der Waals surface area (Å²) >= 11 is 1.80. The Morgan fingerprint density at radius 2 is 2.15 bits per heavy atom. The lowest BCUT2D eigenvalue weighted by Gasteiger charge is -2.21. The van der Waals surface area contributed by atoms with E-state index in [1.165, 1.54) is 5.56 Å². The van der Waals surface area contributed by atoms with E-state index < -0.39 is 0 Å². The van der Waals surface area contributed by atoms with E-state index in [-0.39, 0.29) is 6.10 Å². The van der Waals surface area contributed by atoms with Gasteiger partial charge >= 0.3 is 0 Å². The van der Waals surface area contributed by atoms with Crippen molar-refractivity contribution in [2.45, 2.75) is 18.6 Å². The van der Waals surface area contributed by atoms with Gasteiger partial charge in [0.05, 0.1) is 26.4 Å². The molecule has 2 saturated heterocycles. The fourth-order valence-corrected chi connectivity index (χ4v) is 3.34. The maximum absolute atomic E-state index is 5.59. The van der Waals surface area contributed by atoms with Crippen LogP contribution in [0.1, 0.15) is 5.56 Å². The molecule has 3 rings (SSSR count). The Morgan fingerprint density at radius 1 is 1.25 bits per heavy atom. The molecule has 1 aromatic rings. The van der Waals surface area contributed by atoms with Gasteiger partial charge in [-0.25, -0.2) is 0 Å². The smallest absolute Gasteiger partial charge is 0.156 e. The van der Waals surface area contributed by atoms with E-state index in [4.69, 9.17) is 9.47 Å². The van der Waals surface area contributed by atoms with Gasteiger partial charge in [0.15, 0.2) is 5.17 Å². The number of aliphatic imine (C=N–C) groups is 1. The van der Waals surface area contributed by atoms with Crippen molar-refractivity contribution in [3.05, 3.63) is 35.9 Å². The number of thioether (sulfide) groups is 1. The topological polar surface area (TPSA) is 42.9 Å². The first-order valence-electron chi connectivity index (χ1n) is 7.07. The Kier molecular flexibility index (Phi) is 4.95. The highest BCUT2D eigenvalue weighted by Crippen LogP contribution is 2.17. The largest absolute Gasteiger partial charge is 0.376 e. The Bertz CT molecular complexity index is 446. The number of hydrogen-bond acceptors (Lipinski definition) is 4. The number of amidine groups is 1. The number of ether oxygens (including phenoxy) is 2. The van der Waals surface area contributed by atoms with Crippen LogP contribution in [0.5, 0.6) is 0 Å². The third-order valence-corrected chi connectivity index (χ3v) is 4.49. The summed E-state index contributed by atoms with van der Waals surface area (Å²) in [5.41, 5.74) is 1.37. The van der Waals surface area contributed by atoms with Gasteiger partial charge in [-0.2, -0.15) is 0 Å². The van der Waals surface area contributed by atoms with Gasteiger partial charge < -0.3 is 14.8 Å². The molecular formula is C15H20N2O2S. The molecule has 5 heteroatoms. The molecule has 0 radical (unpaired) electrons. The van der Waals surface area contributed by atoms with E-state index in [1.807, 2.05) is 0 Å². The van der Waals surface area contributed by atoms with Crippen molar-refractivity contribution < 1.29 is 9.47 Å². The lowest BCUT2D eigenvalue weighted by atomic mass is 10.1. The normalized spacial score (nSPS) is 28.5. The summed E-state index contributed by atoms with van der Waals surface area (Å²) in [4.78, 5) is 4.60. The van der Waals surface area contributed by atoms with Gasteiger partial charge in [0.25, 0.3) is 0 Å². The van der Waals surface area contributed by atoms with Crippen LogP contribution in [0.4, 0.5) is 0 Å². The number of nitrogens with zero attached hydrogens (tertiary/aromatic N) is 1. The van der Waals surface area contributed by atoms with E-state index >= 15 is 0 Å². The SMILES string of the molecule is c1ccc(CC2CSC(=NCC3COCCO3)N2)cc1. The quantitative estimate of drug-likeness (QED) is 0.917. The van der Waals surface area contributed by atoms with Crippen LogP contribution >= 0.6 is 11.8 Å². The molecule has 0 amide bonds.